The summed E-state index contributed by atoms with van der Waals surface area (Å²) in [6, 6.07) is 0.117. The molecule has 0 amide bonds. The molecule has 1 unspecified atom stereocenters. The SMILES string of the molecule is CC.COCC1CC(=C(F)F)CN1C. The highest BCUT2D eigenvalue weighted by Crippen LogP contribution is 2.24. The maximum absolute atomic E-state index is 12.1. The predicted octanol–water partition coefficient (Wildman–Crippen LogP) is 2.51. The normalized spacial score (nSPS) is 21.9. The van der Waals surface area contributed by atoms with Crippen molar-refractivity contribution in [2.24, 2.45) is 0 Å². The van der Waals surface area contributed by atoms with Gasteiger partial charge in [-0.3, -0.25) is 4.90 Å². The number of rotatable bonds is 2. The molecule has 0 aromatic carbocycles. The van der Waals surface area contributed by atoms with Gasteiger partial charge in [-0.05, 0) is 13.5 Å². The first-order chi connectivity index (χ1) is 6.65. The van der Waals surface area contributed by atoms with Crippen molar-refractivity contribution >= 4 is 0 Å². The minimum atomic E-state index is -1.53. The van der Waals surface area contributed by atoms with Crippen molar-refractivity contribution in [1.29, 1.82) is 0 Å². The number of hydrogen-bond donors (Lipinski definition) is 0. The average Bonchev–Trinajstić information content (AvgIpc) is 2.52. The molecule has 0 N–H and O–H groups in total. The van der Waals surface area contributed by atoms with Crippen LogP contribution in [0.1, 0.15) is 20.3 Å². The zero-order chi connectivity index (χ0) is 11.1. The van der Waals surface area contributed by atoms with Crippen molar-refractivity contribution in [2.75, 3.05) is 27.3 Å². The van der Waals surface area contributed by atoms with E-state index in [4.69, 9.17) is 4.74 Å². The average molecular weight is 207 g/mol. The summed E-state index contributed by atoms with van der Waals surface area (Å²) >= 11 is 0. The van der Waals surface area contributed by atoms with Crippen molar-refractivity contribution < 1.29 is 13.5 Å². The number of ether oxygens (including phenoxy) is 1. The fraction of sp³-hybridized carbons (Fsp3) is 0.800. The van der Waals surface area contributed by atoms with Crippen LogP contribution in [-0.4, -0.2) is 38.3 Å². The third-order valence-corrected chi connectivity index (χ3v) is 2.17. The summed E-state index contributed by atoms with van der Waals surface area (Å²) in [5.41, 5.74) is 0.250. The number of methoxy groups -OCH3 is 1. The second-order valence-electron chi connectivity index (χ2n) is 3.09. The van der Waals surface area contributed by atoms with Crippen LogP contribution < -0.4 is 0 Å². The van der Waals surface area contributed by atoms with Gasteiger partial charge >= 0.3 is 0 Å². The molecule has 1 heterocycles. The smallest absolute Gasteiger partial charge is 0.270 e. The van der Waals surface area contributed by atoms with E-state index in [9.17, 15) is 8.78 Å². The predicted molar refractivity (Wildman–Crippen MR) is 53.5 cm³/mol. The van der Waals surface area contributed by atoms with Crippen LogP contribution in [0.25, 0.3) is 0 Å². The van der Waals surface area contributed by atoms with E-state index in [2.05, 4.69) is 0 Å². The molecular weight excluding hydrogens is 188 g/mol. The minimum absolute atomic E-state index is 0.117. The molecule has 0 bridgehead atoms. The molecule has 1 saturated heterocycles. The Kier molecular flexibility index (Phi) is 6.66. The molecule has 14 heavy (non-hydrogen) atoms. The highest BCUT2D eigenvalue weighted by Gasteiger charge is 2.27. The topological polar surface area (TPSA) is 12.5 Å². The lowest BCUT2D eigenvalue weighted by molar-refractivity contribution is 0.129. The second kappa shape index (κ2) is 6.90. The minimum Gasteiger partial charge on any atom is -0.383 e. The summed E-state index contributed by atoms with van der Waals surface area (Å²) in [6.45, 7) is 4.89. The Hall–Kier alpha value is -0.480. The summed E-state index contributed by atoms with van der Waals surface area (Å²) < 4.78 is 29.2. The van der Waals surface area contributed by atoms with Gasteiger partial charge in [-0.15, -0.1) is 0 Å². The summed E-state index contributed by atoms with van der Waals surface area (Å²) in [7, 11) is 3.42. The zero-order valence-corrected chi connectivity index (χ0v) is 9.31. The van der Waals surface area contributed by atoms with Crippen LogP contribution in [0, 0.1) is 0 Å². The van der Waals surface area contributed by atoms with E-state index < -0.39 is 6.08 Å². The Morgan fingerprint density at radius 1 is 1.50 bits per heavy atom. The molecule has 0 spiro atoms. The van der Waals surface area contributed by atoms with Gasteiger partial charge in [-0.2, -0.15) is 8.78 Å². The molecule has 1 atom stereocenters. The van der Waals surface area contributed by atoms with Gasteiger partial charge in [0, 0.05) is 25.3 Å². The van der Waals surface area contributed by atoms with Crippen LogP contribution in [0.2, 0.25) is 0 Å². The van der Waals surface area contributed by atoms with Gasteiger partial charge in [0.1, 0.15) is 0 Å². The first-order valence-electron chi connectivity index (χ1n) is 4.87. The molecule has 4 heteroatoms. The number of likely N-dealkylation sites (N-methyl/N-ethyl adjacent to an activating group) is 1. The molecule has 1 rings (SSSR count). The first-order valence-corrected chi connectivity index (χ1v) is 4.87. The Morgan fingerprint density at radius 3 is 2.43 bits per heavy atom. The molecular formula is C10H19F2NO. The summed E-state index contributed by atoms with van der Waals surface area (Å²) in [5, 5.41) is 0. The Labute approximate surface area is 84.5 Å². The van der Waals surface area contributed by atoms with Crippen LogP contribution in [-0.2, 0) is 4.74 Å². The van der Waals surface area contributed by atoms with Gasteiger partial charge in [0.05, 0.1) is 6.61 Å². The standard InChI is InChI=1S/C8H13F2NO.C2H6/c1-11-4-6(8(9)10)3-7(11)5-12-2;1-2/h7H,3-5H2,1-2H3;1-2H3. The van der Waals surface area contributed by atoms with Crippen molar-refractivity contribution in [1.82, 2.24) is 4.90 Å². The highest BCUT2D eigenvalue weighted by molar-refractivity contribution is 5.12. The fourth-order valence-electron chi connectivity index (χ4n) is 1.45. The van der Waals surface area contributed by atoms with Gasteiger partial charge in [0.2, 0.25) is 0 Å². The van der Waals surface area contributed by atoms with Crippen LogP contribution >= 0.6 is 0 Å². The van der Waals surface area contributed by atoms with Gasteiger partial charge < -0.3 is 4.74 Å². The fourth-order valence-corrected chi connectivity index (χ4v) is 1.45. The van der Waals surface area contributed by atoms with Crippen LogP contribution in [0.4, 0.5) is 8.78 Å². The lowest BCUT2D eigenvalue weighted by atomic mass is 10.2. The van der Waals surface area contributed by atoms with Crippen molar-refractivity contribution in [3.05, 3.63) is 11.7 Å². The molecule has 1 aliphatic heterocycles. The lowest BCUT2D eigenvalue weighted by Crippen LogP contribution is -2.28. The van der Waals surface area contributed by atoms with Crippen LogP contribution in [0.15, 0.2) is 11.7 Å². The van der Waals surface area contributed by atoms with Gasteiger partial charge in [-0.1, -0.05) is 13.8 Å². The van der Waals surface area contributed by atoms with Crippen LogP contribution in [0.3, 0.4) is 0 Å². The van der Waals surface area contributed by atoms with E-state index in [-0.39, 0.29) is 11.6 Å². The Balaban J connectivity index is 0.000000791. The van der Waals surface area contributed by atoms with E-state index in [0.29, 0.717) is 19.6 Å². The number of likely N-dealkylation sites (tertiary alicyclic amines) is 1. The third-order valence-electron chi connectivity index (χ3n) is 2.17. The summed E-state index contributed by atoms with van der Waals surface area (Å²) in [5.74, 6) is 0. The molecule has 0 saturated carbocycles. The molecule has 84 valence electrons. The molecule has 1 aliphatic rings. The lowest BCUT2D eigenvalue weighted by Gasteiger charge is -2.16. The summed E-state index contributed by atoms with van der Waals surface area (Å²) in [6.07, 6.45) is -1.09. The first kappa shape index (κ1) is 13.5. The monoisotopic (exact) mass is 207 g/mol. The van der Waals surface area contributed by atoms with Gasteiger partial charge in [0.25, 0.3) is 6.08 Å². The van der Waals surface area contributed by atoms with Crippen molar-refractivity contribution in [3.8, 4) is 0 Å². The third kappa shape index (κ3) is 3.72. The Morgan fingerprint density at radius 2 is 2.07 bits per heavy atom. The van der Waals surface area contributed by atoms with E-state index in [1.807, 2.05) is 25.8 Å². The van der Waals surface area contributed by atoms with Crippen LogP contribution in [0.5, 0.6) is 0 Å². The second-order valence-corrected chi connectivity index (χ2v) is 3.09. The zero-order valence-electron chi connectivity index (χ0n) is 9.31. The molecule has 0 aromatic rings. The van der Waals surface area contributed by atoms with E-state index in [0.717, 1.165) is 0 Å². The van der Waals surface area contributed by atoms with Gasteiger partial charge in [0.15, 0.2) is 0 Å². The maximum atomic E-state index is 12.1. The number of nitrogens with zero attached hydrogens (tertiary/aromatic N) is 1. The molecule has 1 fully saturated rings. The van der Waals surface area contributed by atoms with Crippen molar-refractivity contribution in [2.45, 2.75) is 26.3 Å². The molecule has 0 aromatic heterocycles. The largest absolute Gasteiger partial charge is 0.383 e. The Bertz CT molecular complexity index is 191. The quantitative estimate of drug-likeness (QED) is 0.690. The maximum Gasteiger partial charge on any atom is 0.270 e. The number of hydrogen-bond acceptors (Lipinski definition) is 2. The van der Waals surface area contributed by atoms with E-state index in [1.54, 1.807) is 7.11 Å². The van der Waals surface area contributed by atoms with E-state index >= 15 is 0 Å². The molecule has 0 aliphatic carbocycles. The van der Waals surface area contributed by atoms with E-state index in [1.165, 1.54) is 0 Å². The summed E-state index contributed by atoms with van der Waals surface area (Å²) in [4.78, 5) is 1.89. The number of halogens is 2. The van der Waals surface area contributed by atoms with Gasteiger partial charge in [-0.25, -0.2) is 0 Å². The molecule has 0 radical (unpaired) electrons. The highest BCUT2D eigenvalue weighted by atomic mass is 19.3. The molecule has 2 nitrogen and oxygen atoms in total. The van der Waals surface area contributed by atoms with Crippen molar-refractivity contribution in [3.63, 3.8) is 0 Å².